The van der Waals surface area contributed by atoms with Crippen LogP contribution in [0.1, 0.15) is 18.4 Å². The fourth-order valence-electron chi connectivity index (χ4n) is 2.30. The first kappa shape index (κ1) is 14.0. The fraction of sp³-hybridized carbons (Fsp3) is 0.462. The number of piperidine rings is 1. The molecule has 18 heavy (non-hydrogen) atoms. The smallest absolute Gasteiger partial charge is 0.307 e. The zero-order valence-electron chi connectivity index (χ0n) is 9.90. The molecule has 0 bridgehead atoms. The maximum atomic E-state index is 11.0. The van der Waals surface area contributed by atoms with Crippen LogP contribution >= 0.6 is 31.9 Å². The lowest BCUT2D eigenvalue weighted by Gasteiger charge is -2.30. The second-order valence-corrected chi connectivity index (χ2v) is 6.37. The van der Waals surface area contributed by atoms with Crippen molar-refractivity contribution in [1.82, 2.24) is 4.90 Å². The van der Waals surface area contributed by atoms with Crippen molar-refractivity contribution in [2.75, 3.05) is 13.1 Å². The minimum absolute atomic E-state index is 0.211. The summed E-state index contributed by atoms with van der Waals surface area (Å²) in [4.78, 5) is 13.2. The molecule has 1 aliphatic heterocycles. The van der Waals surface area contributed by atoms with Gasteiger partial charge in [-0.1, -0.05) is 6.07 Å². The zero-order chi connectivity index (χ0) is 13.1. The molecule has 0 amide bonds. The van der Waals surface area contributed by atoms with Gasteiger partial charge in [0.15, 0.2) is 0 Å². The molecule has 1 unspecified atom stereocenters. The average Bonchev–Trinajstić information content (AvgIpc) is 2.34. The van der Waals surface area contributed by atoms with Gasteiger partial charge in [-0.15, -0.1) is 0 Å². The Labute approximate surface area is 123 Å². The summed E-state index contributed by atoms with van der Waals surface area (Å²) in [5.41, 5.74) is 1.20. The Hall–Kier alpha value is -0.390. The third-order valence-corrected chi connectivity index (χ3v) is 5.12. The predicted octanol–water partition coefficient (Wildman–Crippen LogP) is 3.51. The highest BCUT2D eigenvalue weighted by molar-refractivity contribution is 9.13. The molecular weight excluding hydrogens is 362 g/mol. The SMILES string of the molecule is O=C(O)C1CCCN(Cc2ccc(Br)c(Br)c2)C1. The van der Waals surface area contributed by atoms with E-state index < -0.39 is 5.97 Å². The standard InChI is InChI=1S/C13H15Br2NO2/c14-11-4-3-9(6-12(11)15)7-16-5-1-2-10(8-16)13(17)18/h3-4,6,10H,1-2,5,7-8H2,(H,17,18). The molecule has 1 heterocycles. The van der Waals surface area contributed by atoms with E-state index >= 15 is 0 Å². The molecule has 1 N–H and O–H groups in total. The van der Waals surface area contributed by atoms with Gasteiger partial charge in [0.05, 0.1) is 5.92 Å². The van der Waals surface area contributed by atoms with Crippen LogP contribution in [0.3, 0.4) is 0 Å². The van der Waals surface area contributed by atoms with Crippen LogP contribution in [0.2, 0.25) is 0 Å². The van der Waals surface area contributed by atoms with Crippen molar-refractivity contribution in [3.63, 3.8) is 0 Å². The summed E-state index contributed by atoms with van der Waals surface area (Å²) in [5.74, 6) is -0.880. The number of carboxylic acid groups (broad SMARTS) is 1. The van der Waals surface area contributed by atoms with Crippen LogP contribution in [-0.2, 0) is 11.3 Å². The third-order valence-electron chi connectivity index (χ3n) is 3.24. The summed E-state index contributed by atoms with van der Waals surface area (Å²) in [6.07, 6.45) is 1.77. The van der Waals surface area contributed by atoms with Crippen LogP contribution in [-0.4, -0.2) is 29.1 Å². The van der Waals surface area contributed by atoms with Crippen LogP contribution in [0.25, 0.3) is 0 Å². The van der Waals surface area contributed by atoms with Crippen molar-refractivity contribution in [3.05, 3.63) is 32.7 Å². The summed E-state index contributed by atoms with van der Waals surface area (Å²) in [6, 6.07) is 6.16. The van der Waals surface area contributed by atoms with Gasteiger partial charge < -0.3 is 5.11 Å². The van der Waals surface area contributed by atoms with E-state index in [1.807, 2.05) is 6.07 Å². The second kappa shape index (κ2) is 6.17. The van der Waals surface area contributed by atoms with Gasteiger partial charge in [0.25, 0.3) is 0 Å². The summed E-state index contributed by atoms with van der Waals surface area (Å²) in [6.45, 7) is 2.45. The van der Waals surface area contributed by atoms with E-state index in [0.717, 1.165) is 34.9 Å². The Morgan fingerprint density at radius 3 is 2.83 bits per heavy atom. The molecule has 1 aliphatic rings. The maximum Gasteiger partial charge on any atom is 0.307 e. The van der Waals surface area contributed by atoms with Crippen molar-refractivity contribution in [2.45, 2.75) is 19.4 Å². The van der Waals surface area contributed by atoms with E-state index in [1.54, 1.807) is 0 Å². The Balaban J connectivity index is 2.00. The topological polar surface area (TPSA) is 40.5 Å². The molecule has 98 valence electrons. The van der Waals surface area contributed by atoms with Crippen molar-refractivity contribution in [3.8, 4) is 0 Å². The first-order valence-corrected chi connectivity index (χ1v) is 7.54. The molecule has 1 saturated heterocycles. The number of halogens is 2. The summed E-state index contributed by atoms with van der Waals surface area (Å²) < 4.78 is 2.07. The monoisotopic (exact) mass is 375 g/mol. The number of rotatable bonds is 3. The van der Waals surface area contributed by atoms with Crippen LogP contribution in [0, 0.1) is 5.92 Å². The van der Waals surface area contributed by atoms with Crippen LogP contribution in [0.15, 0.2) is 27.1 Å². The van der Waals surface area contributed by atoms with Gasteiger partial charge in [0.1, 0.15) is 0 Å². The van der Waals surface area contributed by atoms with Gasteiger partial charge in [-0.25, -0.2) is 0 Å². The lowest BCUT2D eigenvalue weighted by Crippen LogP contribution is -2.38. The van der Waals surface area contributed by atoms with Gasteiger partial charge >= 0.3 is 5.97 Å². The second-order valence-electron chi connectivity index (χ2n) is 4.66. The predicted molar refractivity (Wildman–Crippen MR) is 77.5 cm³/mol. The first-order valence-electron chi connectivity index (χ1n) is 5.95. The highest BCUT2D eigenvalue weighted by Gasteiger charge is 2.25. The first-order chi connectivity index (χ1) is 8.56. The maximum absolute atomic E-state index is 11.0. The van der Waals surface area contributed by atoms with Gasteiger partial charge in [-0.3, -0.25) is 9.69 Å². The molecule has 1 atom stereocenters. The number of nitrogens with zero attached hydrogens (tertiary/aromatic N) is 1. The highest BCUT2D eigenvalue weighted by atomic mass is 79.9. The number of aliphatic carboxylic acids is 1. The Kier molecular flexibility index (Phi) is 4.81. The lowest BCUT2D eigenvalue weighted by atomic mass is 9.98. The van der Waals surface area contributed by atoms with E-state index in [-0.39, 0.29) is 5.92 Å². The minimum atomic E-state index is -0.670. The van der Waals surface area contributed by atoms with E-state index in [1.165, 1.54) is 5.56 Å². The number of hydrogen-bond donors (Lipinski definition) is 1. The lowest BCUT2D eigenvalue weighted by molar-refractivity contribution is -0.143. The molecule has 0 aliphatic carbocycles. The van der Waals surface area contributed by atoms with Crippen molar-refractivity contribution >= 4 is 37.8 Å². The minimum Gasteiger partial charge on any atom is -0.481 e. The van der Waals surface area contributed by atoms with E-state index in [0.29, 0.717) is 6.54 Å². The zero-order valence-corrected chi connectivity index (χ0v) is 13.1. The van der Waals surface area contributed by atoms with Crippen LogP contribution in [0.5, 0.6) is 0 Å². The van der Waals surface area contributed by atoms with Gasteiger partial charge in [-0.05, 0) is 68.9 Å². The fourth-order valence-corrected chi connectivity index (χ4v) is 2.97. The van der Waals surface area contributed by atoms with Crippen molar-refractivity contribution < 1.29 is 9.90 Å². The molecule has 1 aromatic rings. The molecule has 0 spiro atoms. The summed E-state index contributed by atoms with van der Waals surface area (Å²) >= 11 is 6.93. The molecule has 1 fully saturated rings. The largest absolute Gasteiger partial charge is 0.481 e. The quantitative estimate of drug-likeness (QED) is 0.877. The average molecular weight is 377 g/mol. The molecule has 3 nitrogen and oxygen atoms in total. The van der Waals surface area contributed by atoms with Crippen molar-refractivity contribution in [2.24, 2.45) is 5.92 Å². The van der Waals surface area contributed by atoms with E-state index in [2.05, 4.69) is 48.9 Å². The van der Waals surface area contributed by atoms with Crippen LogP contribution in [0.4, 0.5) is 0 Å². The molecule has 0 aromatic heterocycles. The van der Waals surface area contributed by atoms with E-state index in [4.69, 9.17) is 5.11 Å². The van der Waals surface area contributed by atoms with Crippen LogP contribution < -0.4 is 0 Å². The summed E-state index contributed by atoms with van der Waals surface area (Å²) in [5, 5.41) is 9.06. The van der Waals surface area contributed by atoms with Gasteiger partial charge in [-0.2, -0.15) is 0 Å². The molecular formula is C13H15Br2NO2. The Morgan fingerprint density at radius 2 is 2.17 bits per heavy atom. The van der Waals surface area contributed by atoms with E-state index in [9.17, 15) is 4.79 Å². The number of carboxylic acids is 1. The van der Waals surface area contributed by atoms with Crippen molar-refractivity contribution in [1.29, 1.82) is 0 Å². The van der Waals surface area contributed by atoms with Gasteiger partial charge in [0, 0.05) is 22.0 Å². The number of hydrogen-bond acceptors (Lipinski definition) is 2. The number of likely N-dealkylation sites (tertiary alicyclic amines) is 1. The number of benzene rings is 1. The number of carbonyl (C=O) groups is 1. The normalized spacial score (nSPS) is 20.9. The third kappa shape index (κ3) is 3.56. The molecule has 0 saturated carbocycles. The molecule has 1 aromatic carbocycles. The molecule has 2 rings (SSSR count). The Morgan fingerprint density at radius 1 is 1.39 bits per heavy atom. The Bertz CT molecular complexity index is 451. The molecule has 5 heteroatoms. The summed E-state index contributed by atoms with van der Waals surface area (Å²) in [7, 11) is 0. The molecule has 0 radical (unpaired) electrons. The highest BCUT2D eigenvalue weighted by Crippen LogP contribution is 2.25. The van der Waals surface area contributed by atoms with Gasteiger partial charge in [0.2, 0.25) is 0 Å².